The fourth-order valence-corrected chi connectivity index (χ4v) is 2.99. The Balaban J connectivity index is 0.00000220. The summed E-state index contributed by atoms with van der Waals surface area (Å²) in [5, 5.41) is 9.70. The summed E-state index contributed by atoms with van der Waals surface area (Å²) in [5.41, 5.74) is 0.664. The Morgan fingerprint density at radius 1 is 1.38 bits per heavy atom. The topological polar surface area (TPSA) is 61.4 Å². The minimum Gasteiger partial charge on any atom is -0.351 e. The van der Waals surface area contributed by atoms with E-state index in [1.807, 2.05) is 17.3 Å². The molecule has 21 heavy (non-hydrogen) atoms. The molecule has 2 N–H and O–H groups in total. The van der Waals surface area contributed by atoms with Crippen molar-refractivity contribution in [1.29, 1.82) is 0 Å². The number of nitrogens with zero attached hydrogens (tertiary/aromatic N) is 1. The molecular formula is C14H22ClN3O2S. The van der Waals surface area contributed by atoms with Crippen molar-refractivity contribution in [2.75, 3.05) is 26.7 Å². The number of piperidine rings is 1. The van der Waals surface area contributed by atoms with Gasteiger partial charge in [-0.25, -0.2) is 0 Å². The van der Waals surface area contributed by atoms with E-state index in [9.17, 15) is 9.59 Å². The van der Waals surface area contributed by atoms with E-state index in [0.29, 0.717) is 24.6 Å². The second-order valence-corrected chi connectivity index (χ2v) is 5.74. The second kappa shape index (κ2) is 9.02. The zero-order chi connectivity index (χ0) is 14.4. The molecule has 5 nitrogen and oxygen atoms in total. The van der Waals surface area contributed by atoms with Crippen LogP contribution in [0.15, 0.2) is 16.8 Å². The summed E-state index contributed by atoms with van der Waals surface area (Å²) in [4.78, 5) is 25.6. The van der Waals surface area contributed by atoms with Crippen molar-refractivity contribution in [1.82, 2.24) is 15.5 Å². The van der Waals surface area contributed by atoms with E-state index in [0.717, 1.165) is 25.9 Å². The van der Waals surface area contributed by atoms with Crippen LogP contribution < -0.4 is 10.6 Å². The smallest absolute Gasteiger partial charge is 0.252 e. The van der Waals surface area contributed by atoms with Gasteiger partial charge in [0.05, 0.1) is 0 Å². The number of hydrogen-bond donors (Lipinski definition) is 2. The maximum atomic E-state index is 12.0. The molecule has 2 rings (SSSR count). The Morgan fingerprint density at radius 3 is 2.67 bits per heavy atom. The van der Waals surface area contributed by atoms with E-state index in [1.165, 1.54) is 11.3 Å². The van der Waals surface area contributed by atoms with Gasteiger partial charge >= 0.3 is 0 Å². The summed E-state index contributed by atoms with van der Waals surface area (Å²) in [7, 11) is 1.96. The summed E-state index contributed by atoms with van der Waals surface area (Å²) in [6.07, 6.45) is 2.38. The lowest BCUT2D eigenvalue weighted by Gasteiger charge is -2.31. The standard InChI is InChI=1S/C14H21N3O2S.ClH/c1-15-12-3-7-17(8-4-12)13(18)2-6-16-14(19)11-5-9-20-10-11;/h5,9-10,12,15H,2-4,6-8H2,1H3,(H,16,19);1H. The molecule has 1 aromatic heterocycles. The zero-order valence-electron chi connectivity index (χ0n) is 12.1. The molecule has 0 radical (unpaired) electrons. The molecule has 118 valence electrons. The fraction of sp³-hybridized carbons (Fsp3) is 0.571. The SMILES string of the molecule is CNC1CCN(C(=O)CCNC(=O)c2ccsc2)CC1.Cl. The van der Waals surface area contributed by atoms with E-state index in [2.05, 4.69) is 10.6 Å². The predicted octanol–water partition coefficient (Wildman–Crippen LogP) is 1.50. The van der Waals surface area contributed by atoms with Gasteiger partial charge in [-0.15, -0.1) is 12.4 Å². The van der Waals surface area contributed by atoms with Gasteiger partial charge in [-0.2, -0.15) is 11.3 Å². The van der Waals surface area contributed by atoms with E-state index < -0.39 is 0 Å². The highest BCUT2D eigenvalue weighted by molar-refractivity contribution is 7.08. The number of likely N-dealkylation sites (tertiary alicyclic amines) is 1. The van der Waals surface area contributed by atoms with Crippen LogP contribution in [0.2, 0.25) is 0 Å². The Morgan fingerprint density at radius 2 is 2.10 bits per heavy atom. The molecule has 0 aromatic carbocycles. The van der Waals surface area contributed by atoms with Gasteiger partial charge in [0.1, 0.15) is 0 Å². The summed E-state index contributed by atoms with van der Waals surface area (Å²) in [5.74, 6) is 0.0260. The normalized spacial score (nSPS) is 15.4. The highest BCUT2D eigenvalue weighted by Crippen LogP contribution is 2.11. The van der Waals surface area contributed by atoms with E-state index in [1.54, 1.807) is 11.4 Å². The maximum absolute atomic E-state index is 12.0. The minimum absolute atomic E-state index is 0. The van der Waals surface area contributed by atoms with Crippen LogP contribution in [0.3, 0.4) is 0 Å². The number of carbonyl (C=O) groups is 2. The van der Waals surface area contributed by atoms with Gasteiger partial charge in [0.2, 0.25) is 5.91 Å². The average Bonchev–Trinajstić information content (AvgIpc) is 3.01. The second-order valence-electron chi connectivity index (χ2n) is 4.96. The van der Waals surface area contributed by atoms with Gasteiger partial charge in [0.25, 0.3) is 5.91 Å². The first-order valence-corrected chi connectivity index (χ1v) is 7.90. The van der Waals surface area contributed by atoms with E-state index >= 15 is 0 Å². The maximum Gasteiger partial charge on any atom is 0.252 e. The van der Waals surface area contributed by atoms with Crippen LogP contribution in [0.25, 0.3) is 0 Å². The van der Waals surface area contributed by atoms with Crippen LogP contribution in [-0.2, 0) is 4.79 Å². The molecule has 0 spiro atoms. The third kappa shape index (κ3) is 5.30. The van der Waals surface area contributed by atoms with Crippen LogP contribution in [-0.4, -0.2) is 49.4 Å². The van der Waals surface area contributed by atoms with Gasteiger partial charge in [-0.3, -0.25) is 9.59 Å². The average molecular weight is 332 g/mol. The highest BCUT2D eigenvalue weighted by atomic mass is 35.5. The molecule has 1 aliphatic rings. The summed E-state index contributed by atoms with van der Waals surface area (Å²) < 4.78 is 0. The van der Waals surface area contributed by atoms with Crippen molar-refractivity contribution in [3.8, 4) is 0 Å². The third-order valence-electron chi connectivity index (χ3n) is 3.66. The first kappa shape index (κ1) is 17.9. The van der Waals surface area contributed by atoms with Gasteiger partial charge < -0.3 is 15.5 Å². The van der Waals surface area contributed by atoms with Crippen LogP contribution in [0, 0.1) is 0 Å². The molecule has 1 saturated heterocycles. The first-order valence-electron chi connectivity index (χ1n) is 6.96. The van der Waals surface area contributed by atoms with Gasteiger partial charge in [-0.1, -0.05) is 0 Å². The number of hydrogen-bond acceptors (Lipinski definition) is 4. The molecule has 1 fully saturated rings. The first-order chi connectivity index (χ1) is 9.70. The Kier molecular flexibility index (Phi) is 7.71. The Hall–Kier alpha value is -1.11. The molecule has 0 saturated carbocycles. The Bertz CT molecular complexity index is 445. The summed E-state index contributed by atoms with van der Waals surface area (Å²) >= 11 is 1.49. The third-order valence-corrected chi connectivity index (χ3v) is 4.35. The lowest BCUT2D eigenvalue weighted by atomic mass is 10.1. The molecule has 1 aliphatic heterocycles. The largest absolute Gasteiger partial charge is 0.351 e. The van der Waals surface area contributed by atoms with Crippen molar-refractivity contribution >= 4 is 35.6 Å². The number of halogens is 1. The van der Waals surface area contributed by atoms with Crippen LogP contribution >= 0.6 is 23.7 Å². The molecule has 7 heteroatoms. The summed E-state index contributed by atoms with van der Waals surface area (Å²) in [6, 6.07) is 2.31. The molecule has 2 heterocycles. The minimum atomic E-state index is -0.104. The molecule has 0 aliphatic carbocycles. The van der Waals surface area contributed by atoms with Gasteiger partial charge in [0, 0.05) is 43.0 Å². The van der Waals surface area contributed by atoms with Crippen molar-refractivity contribution in [3.63, 3.8) is 0 Å². The van der Waals surface area contributed by atoms with Crippen molar-refractivity contribution < 1.29 is 9.59 Å². The van der Waals surface area contributed by atoms with Gasteiger partial charge in [-0.05, 0) is 31.3 Å². The van der Waals surface area contributed by atoms with Crippen LogP contribution in [0.5, 0.6) is 0 Å². The zero-order valence-corrected chi connectivity index (χ0v) is 13.8. The highest BCUT2D eigenvalue weighted by Gasteiger charge is 2.21. The molecule has 2 amide bonds. The fourth-order valence-electron chi connectivity index (χ4n) is 2.35. The predicted molar refractivity (Wildman–Crippen MR) is 87.2 cm³/mol. The monoisotopic (exact) mass is 331 g/mol. The number of nitrogens with one attached hydrogen (secondary N) is 2. The number of amides is 2. The quantitative estimate of drug-likeness (QED) is 0.859. The number of thiophene rings is 1. The molecular weight excluding hydrogens is 310 g/mol. The summed E-state index contributed by atoms with van der Waals surface area (Å²) in [6.45, 7) is 2.02. The van der Waals surface area contributed by atoms with E-state index in [4.69, 9.17) is 0 Å². The van der Waals surface area contributed by atoms with Crippen LogP contribution in [0.4, 0.5) is 0 Å². The molecule has 1 aromatic rings. The molecule has 0 bridgehead atoms. The van der Waals surface area contributed by atoms with Crippen LogP contribution in [0.1, 0.15) is 29.6 Å². The molecule has 0 atom stereocenters. The Labute approximate surface area is 135 Å². The van der Waals surface area contributed by atoms with E-state index in [-0.39, 0.29) is 24.2 Å². The molecule has 0 unspecified atom stereocenters. The van der Waals surface area contributed by atoms with Crippen molar-refractivity contribution in [3.05, 3.63) is 22.4 Å². The number of carbonyl (C=O) groups excluding carboxylic acids is 2. The number of rotatable bonds is 5. The lowest BCUT2D eigenvalue weighted by molar-refractivity contribution is -0.132. The lowest BCUT2D eigenvalue weighted by Crippen LogP contribution is -2.44. The van der Waals surface area contributed by atoms with Gasteiger partial charge in [0.15, 0.2) is 0 Å². The van der Waals surface area contributed by atoms with Crippen molar-refractivity contribution in [2.24, 2.45) is 0 Å². The van der Waals surface area contributed by atoms with Crippen molar-refractivity contribution in [2.45, 2.75) is 25.3 Å².